The Morgan fingerprint density at radius 1 is 1.17 bits per heavy atom. The van der Waals surface area contributed by atoms with Crippen LogP contribution in [0, 0.1) is 6.92 Å². The highest BCUT2D eigenvalue weighted by molar-refractivity contribution is 5.94. The zero-order valence-electron chi connectivity index (χ0n) is 13.7. The Morgan fingerprint density at radius 2 is 2.00 bits per heavy atom. The van der Waals surface area contributed by atoms with E-state index in [-0.39, 0.29) is 11.5 Å². The molecule has 0 spiro atoms. The number of benzene rings is 2. The first-order valence-corrected chi connectivity index (χ1v) is 7.93. The fraction of sp³-hybridized carbons (Fsp3) is 0.211. The maximum Gasteiger partial charge on any atom is 0.272 e. The second-order valence-electron chi connectivity index (χ2n) is 5.83. The van der Waals surface area contributed by atoms with E-state index >= 15 is 0 Å². The first-order chi connectivity index (χ1) is 11.6. The van der Waals surface area contributed by atoms with Crippen molar-refractivity contribution in [2.45, 2.75) is 26.7 Å². The van der Waals surface area contributed by atoms with E-state index in [4.69, 9.17) is 0 Å². The van der Waals surface area contributed by atoms with Gasteiger partial charge in [-0.3, -0.25) is 9.59 Å². The lowest BCUT2D eigenvalue weighted by atomic mass is 10.0. The van der Waals surface area contributed by atoms with Crippen molar-refractivity contribution in [2.75, 3.05) is 5.32 Å². The Hall–Kier alpha value is -2.95. The van der Waals surface area contributed by atoms with Gasteiger partial charge in [-0.15, -0.1) is 0 Å². The summed E-state index contributed by atoms with van der Waals surface area (Å²) in [4.78, 5) is 23.6. The first kappa shape index (κ1) is 15.9. The molecule has 1 amide bonds. The van der Waals surface area contributed by atoms with Crippen LogP contribution in [0.3, 0.4) is 0 Å². The minimum absolute atomic E-state index is 0.0835. The molecule has 2 N–H and O–H groups in total. The summed E-state index contributed by atoms with van der Waals surface area (Å²) >= 11 is 0. The molecule has 3 rings (SSSR count). The number of nitrogens with one attached hydrogen (secondary N) is 2. The molecule has 1 aromatic heterocycles. The molecule has 0 saturated heterocycles. The van der Waals surface area contributed by atoms with Crippen molar-refractivity contribution in [3.63, 3.8) is 0 Å². The van der Waals surface area contributed by atoms with Crippen LogP contribution in [0.25, 0.3) is 10.8 Å². The number of carbonyl (C=O) groups excluding carboxylic acids is 1. The van der Waals surface area contributed by atoms with Crippen molar-refractivity contribution in [3.05, 3.63) is 69.6 Å². The smallest absolute Gasteiger partial charge is 0.272 e. The van der Waals surface area contributed by atoms with Crippen molar-refractivity contribution in [1.82, 2.24) is 10.2 Å². The van der Waals surface area contributed by atoms with Gasteiger partial charge in [0.2, 0.25) is 5.91 Å². The van der Waals surface area contributed by atoms with Crippen LogP contribution < -0.4 is 10.9 Å². The van der Waals surface area contributed by atoms with Gasteiger partial charge in [0.25, 0.3) is 5.56 Å². The summed E-state index contributed by atoms with van der Waals surface area (Å²) in [5.41, 5.74) is 3.49. The molecule has 0 aliphatic heterocycles. The van der Waals surface area contributed by atoms with Crippen LogP contribution in [0.5, 0.6) is 0 Å². The normalized spacial score (nSPS) is 10.8. The summed E-state index contributed by atoms with van der Waals surface area (Å²) in [6.45, 7) is 3.83. The number of aromatic nitrogens is 2. The quantitative estimate of drug-likeness (QED) is 0.775. The molecule has 24 heavy (non-hydrogen) atoms. The van der Waals surface area contributed by atoms with Gasteiger partial charge in [0, 0.05) is 23.9 Å². The summed E-state index contributed by atoms with van der Waals surface area (Å²) in [6, 6.07) is 13.5. The Bertz CT molecular complexity index is 960. The van der Waals surface area contributed by atoms with Crippen LogP contribution in [0.2, 0.25) is 0 Å². The standard InChI is InChI=1S/C19H19N3O2/c1-3-18(23)20-14-7-8-15-16(11-14)19(24)22-21-17(15)10-13-6-4-5-12(2)9-13/h4-9,11H,3,10H2,1-2H3,(H,20,23)(H,22,24). The highest BCUT2D eigenvalue weighted by Crippen LogP contribution is 2.21. The Labute approximate surface area is 139 Å². The molecular formula is C19H19N3O2. The van der Waals surface area contributed by atoms with E-state index in [0.717, 1.165) is 16.6 Å². The molecule has 0 fully saturated rings. The van der Waals surface area contributed by atoms with E-state index in [1.54, 1.807) is 19.1 Å². The average Bonchev–Trinajstić information content (AvgIpc) is 2.57. The highest BCUT2D eigenvalue weighted by atomic mass is 16.1. The fourth-order valence-corrected chi connectivity index (χ4v) is 2.70. The summed E-state index contributed by atoms with van der Waals surface area (Å²) in [6.07, 6.45) is 1.03. The van der Waals surface area contributed by atoms with Crippen LogP contribution in [-0.2, 0) is 11.2 Å². The van der Waals surface area contributed by atoms with Gasteiger partial charge in [-0.2, -0.15) is 5.10 Å². The maximum absolute atomic E-state index is 12.1. The second-order valence-corrected chi connectivity index (χ2v) is 5.83. The van der Waals surface area contributed by atoms with Gasteiger partial charge in [0.1, 0.15) is 0 Å². The highest BCUT2D eigenvalue weighted by Gasteiger charge is 2.09. The Balaban J connectivity index is 2.02. The van der Waals surface area contributed by atoms with Crippen molar-refractivity contribution in [1.29, 1.82) is 0 Å². The number of hydrogen-bond donors (Lipinski definition) is 2. The number of aromatic amines is 1. The number of H-pyrrole nitrogens is 1. The van der Waals surface area contributed by atoms with E-state index in [9.17, 15) is 9.59 Å². The number of fused-ring (bicyclic) bond motifs is 1. The molecule has 1 heterocycles. The van der Waals surface area contributed by atoms with Gasteiger partial charge in [-0.05, 0) is 24.6 Å². The van der Waals surface area contributed by atoms with Gasteiger partial charge in [-0.1, -0.05) is 42.8 Å². The third kappa shape index (κ3) is 3.35. The monoisotopic (exact) mass is 321 g/mol. The molecule has 5 nitrogen and oxygen atoms in total. The molecule has 0 bridgehead atoms. The Morgan fingerprint density at radius 3 is 2.75 bits per heavy atom. The molecule has 0 aliphatic carbocycles. The van der Waals surface area contributed by atoms with Gasteiger partial charge in [-0.25, -0.2) is 5.10 Å². The number of rotatable bonds is 4. The molecule has 0 atom stereocenters. The summed E-state index contributed by atoms with van der Waals surface area (Å²) < 4.78 is 0. The largest absolute Gasteiger partial charge is 0.326 e. The molecule has 0 radical (unpaired) electrons. The zero-order valence-corrected chi connectivity index (χ0v) is 13.7. The molecule has 0 unspecified atom stereocenters. The minimum atomic E-state index is -0.259. The summed E-state index contributed by atoms with van der Waals surface area (Å²) in [5, 5.41) is 10.9. The molecular weight excluding hydrogens is 302 g/mol. The van der Waals surface area contributed by atoms with Gasteiger partial charge in [0.15, 0.2) is 0 Å². The van der Waals surface area contributed by atoms with E-state index < -0.39 is 0 Å². The number of carbonyl (C=O) groups is 1. The predicted octanol–water partition coefficient (Wildman–Crippen LogP) is 3.17. The number of amides is 1. The lowest BCUT2D eigenvalue weighted by Crippen LogP contribution is -2.13. The number of hydrogen-bond acceptors (Lipinski definition) is 3. The zero-order chi connectivity index (χ0) is 17.1. The predicted molar refractivity (Wildman–Crippen MR) is 95.3 cm³/mol. The topological polar surface area (TPSA) is 74.8 Å². The first-order valence-electron chi connectivity index (χ1n) is 7.93. The number of anilines is 1. The van der Waals surface area contributed by atoms with Crippen molar-refractivity contribution >= 4 is 22.4 Å². The third-order valence-electron chi connectivity index (χ3n) is 3.93. The molecule has 2 aromatic carbocycles. The van der Waals surface area contributed by atoms with E-state index in [0.29, 0.717) is 23.9 Å². The average molecular weight is 321 g/mol. The maximum atomic E-state index is 12.1. The number of aryl methyl sites for hydroxylation is 1. The van der Waals surface area contributed by atoms with Crippen LogP contribution in [0.1, 0.15) is 30.2 Å². The van der Waals surface area contributed by atoms with Gasteiger partial charge < -0.3 is 5.32 Å². The molecule has 5 heteroatoms. The lowest BCUT2D eigenvalue weighted by molar-refractivity contribution is -0.115. The summed E-state index contributed by atoms with van der Waals surface area (Å²) in [5.74, 6) is -0.0835. The van der Waals surface area contributed by atoms with Crippen molar-refractivity contribution in [3.8, 4) is 0 Å². The molecule has 122 valence electrons. The Kier molecular flexibility index (Phi) is 4.42. The third-order valence-corrected chi connectivity index (χ3v) is 3.93. The van der Waals surface area contributed by atoms with E-state index in [1.807, 2.05) is 31.2 Å². The summed E-state index contributed by atoms with van der Waals surface area (Å²) in [7, 11) is 0. The van der Waals surface area contributed by atoms with Crippen molar-refractivity contribution in [2.24, 2.45) is 0 Å². The van der Waals surface area contributed by atoms with E-state index in [1.165, 1.54) is 5.56 Å². The van der Waals surface area contributed by atoms with Gasteiger partial charge >= 0.3 is 0 Å². The molecule has 3 aromatic rings. The van der Waals surface area contributed by atoms with Gasteiger partial charge in [0.05, 0.1) is 11.1 Å². The lowest BCUT2D eigenvalue weighted by Gasteiger charge is -2.08. The van der Waals surface area contributed by atoms with Crippen LogP contribution >= 0.6 is 0 Å². The second kappa shape index (κ2) is 6.66. The molecule has 0 aliphatic rings. The molecule has 0 saturated carbocycles. The van der Waals surface area contributed by atoms with Crippen molar-refractivity contribution < 1.29 is 4.79 Å². The minimum Gasteiger partial charge on any atom is -0.326 e. The number of nitrogens with zero attached hydrogens (tertiary/aromatic N) is 1. The van der Waals surface area contributed by atoms with Crippen LogP contribution in [0.4, 0.5) is 5.69 Å². The SMILES string of the molecule is CCC(=O)Nc1ccc2c(Cc3cccc(C)c3)n[nH]c(=O)c2c1. The van der Waals surface area contributed by atoms with Crippen LogP contribution in [-0.4, -0.2) is 16.1 Å². The fourth-order valence-electron chi connectivity index (χ4n) is 2.70. The van der Waals surface area contributed by atoms with Crippen LogP contribution in [0.15, 0.2) is 47.3 Å². The van der Waals surface area contributed by atoms with E-state index in [2.05, 4.69) is 21.6 Å².